The molecule has 1 aliphatic carbocycles. The lowest BCUT2D eigenvalue weighted by atomic mass is 10.2. The van der Waals surface area contributed by atoms with E-state index in [-0.39, 0.29) is 5.78 Å². The summed E-state index contributed by atoms with van der Waals surface area (Å²) in [5.41, 5.74) is 0.821. The van der Waals surface area contributed by atoms with E-state index in [1.165, 1.54) is 12.8 Å². The van der Waals surface area contributed by atoms with Gasteiger partial charge in [0.1, 0.15) is 0 Å². The molecule has 1 heterocycles. The van der Waals surface area contributed by atoms with Crippen LogP contribution in [-0.4, -0.2) is 34.9 Å². The molecular weight excluding hydrogens is 212 g/mol. The van der Waals surface area contributed by atoms with Crippen LogP contribution in [0.25, 0.3) is 0 Å². The summed E-state index contributed by atoms with van der Waals surface area (Å²) in [5, 5.41) is 0. The summed E-state index contributed by atoms with van der Waals surface area (Å²) < 4.78 is 1.91. The van der Waals surface area contributed by atoms with Crippen LogP contribution in [0.15, 0.2) is 18.3 Å². The average molecular weight is 234 g/mol. The smallest absolute Gasteiger partial charge is 0.193 e. The second-order valence-corrected chi connectivity index (χ2v) is 5.11. The molecule has 0 spiro atoms. The number of carbonyl (C=O) groups excluding carboxylic acids is 1. The van der Waals surface area contributed by atoms with Gasteiger partial charge < -0.3 is 4.57 Å². The summed E-state index contributed by atoms with van der Waals surface area (Å²) in [7, 11) is 1.93. The van der Waals surface area contributed by atoms with Gasteiger partial charge in [0.2, 0.25) is 0 Å². The molecule has 0 aliphatic heterocycles. The fourth-order valence-corrected chi connectivity index (χ4v) is 2.25. The molecule has 1 fully saturated rings. The van der Waals surface area contributed by atoms with Crippen molar-refractivity contribution in [3.05, 3.63) is 24.0 Å². The van der Waals surface area contributed by atoms with Crippen molar-refractivity contribution in [1.29, 1.82) is 0 Å². The van der Waals surface area contributed by atoms with Crippen molar-refractivity contribution in [2.24, 2.45) is 13.0 Å². The van der Waals surface area contributed by atoms with Crippen molar-refractivity contribution in [3.63, 3.8) is 0 Å². The number of aryl methyl sites for hydroxylation is 1. The predicted octanol–water partition coefficient (Wildman–Crippen LogP) is 2.33. The van der Waals surface area contributed by atoms with Crippen LogP contribution in [0, 0.1) is 5.92 Å². The molecule has 0 unspecified atom stereocenters. The Balaban J connectivity index is 1.92. The van der Waals surface area contributed by atoms with E-state index in [0.717, 1.165) is 31.1 Å². The van der Waals surface area contributed by atoms with Crippen molar-refractivity contribution in [2.75, 3.05) is 19.6 Å². The van der Waals surface area contributed by atoms with Gasteiger partial charge in [-0.2, -0.15) is 0 Å². The quantitative estimate of drug-likeness (QED) is 0.677. The molecule has 1 aromatic heterocycles. The molecule has 0 N–H and O–H groups in total. The van der Waals surface area contributed by atoms with Crippen LogP contribution in [0.3, 0.4) is 0 Å². The van der Waals surface area contributed by atoms with E-state index in [9.17, 15) is 4.79 Å². The Kier molecular flexibility index (Phi) is 4.00. The van der Waals surface area contributed by atoms with Crippen molar-refractivity contribution in [1.82, 2.24) is 9.47 Å². The topological polar surface area (TPSA) is 25.2 Å². The Bertz CT molecular complexity index is 379. The lowest BCUT2D eigenvalue weighted by Gasteiger charge is -2.20. The highest BCUT2D eigenvalue weighted by Crippen LogP contribution is 2.29. The number of Topliss-reactive ketones (excluding diaryl/α,β-unsaturated/α-hetero) is 1. The van der Waals surface area contributed by atoms with Gasteiger partial charge in [0, 0.05) is 19.8 Å². The maximum Gasteiger partial charge on any atom is 0.193 e. The van der Waals surface area contributed by atoms with Crippen LogP contribution < -0.4 is 0 Å². The molecule has 3 nitrogen and oxygen atoms in total. The second kappa shape index (κ2) is 5.50. The number of carbonyl (C=O) groups is 1. The zero-order chi connectivity index (χ0) is 12.3. The first kappa shape index (κ1) is 12.4. The van der Waals surface area contributed by atoms with Gasteiger partial charge in [-0.1, -0.05) is 6.92 Å². The molecule has 94 valence electrons. The third-order valence-electron chi connectivity index (χ3n) is 3.35. The minimum atomic E-state index is 0.242. The monoisotopic (exact) mass is 234 g/mol. The summed E-state index contributed by atoms with van der Waals surface area (Å²) in [5.74, 6) is 1.09. The van der Waals surface area contributed by atoms with E-state index in [0.29, 0.717) is 6.54 Å². The van der Waals surface area contributed by atoms with Gasteiger partial charge in [0.25, 0.3) is 0 Å². The molecule has 0 radical (unpaired) electrons. The molecule has 1 saturated carbocycles. The van der Waals surface area contributed by atoms with E-state index in [1.54, 1.807) is 0 Å². The van der Waals surface area contributed by atoms with Crippen LogP contribution >= 0.6 is 0 Å². The SMILES string of the molecule is CCCN(CC(=O)c1cccn1C)CC1CC1. The molecule has 1 aliphatic rings. The maximum absolute atomic E-state index is 12.2. The third-order valence-corrected chi connectivity index (χ3v) is 3.35. The second-order valence-electron chi connectivity index (χ2n) is 5.11. The highest BCUT2D eigenvalue weighted by molar-refractivity contribution is 5.96. The van der Waals surface area contributed by atoms with Crippen LogP contribution in [0.5, 0.6) is 0 Å². The van der Waals surface area contributed by atoms with Crippen LogP contribution in [-0.2, 0) is 7.05 Å². The summed E-state index contributed by atoms with van der Waals surface area (Å²) in [6.45, 7) is 4.88. The molecule has 2 rings (SSSR count). The summed E-state index contributed by atoms with van der Waals surface area (Å²) in [6, 6.07) is 3.84. The average Bonchev–Trinajstić information content (AvgIpc) is 2.98. The summed E-state index contributed by atoms with van der Waals surface area (Å²) >= 11 is 0. The summed E-state index contributed by atoms with van der Waals surface area (Å²) in [6.07, 6.45) is 5.74. The molecular formula is C14H22N2O. The van der Waals surface area contributed by atoms with Crippen LogP contribution in [0.1, 0.15) is 36.7 Å². The Hall–Kier alpha value is -1.09. The maximum atomic E-state index is 12.2. The number of nitrogens with zero attached hydrogens (tertiary/aromatic N) is 2. The Morgan fingerprint density at radius 2 is 2.29 bits per heavy atom. The van der Waals surface area contributed by atoms with E-state index >= 15 is 0 Å². The van der Waals surface area contributed by atoms with Crippen LogP contribution in [0.2, 0.25) is 0 Å². The molecule has 0 amide bonds. The molecule has 0 saturated heterocycles. The lowest BCUT2D eigenvalue weighted by molar-refractivity contribution is 0.0919. The summed E-state index contributed by atoms with van der Waals surface area (Å²) in [4.78, 5) is 14.5. The Morgan fingerprint density at radius 1 is 1.53 bits per heavy atom. The standard InChI is InChI=1S/C14H22N2O/c1-3-8-16(10-12-6-7-12)11-14(17)13-5-4-9-15(13)2/h4-5,9,12H,3,6-8,10-11H2,1-2H3. The molecule has 3 heteroatoms. The van der Waals surface area contributed by atoms with Gasteiger partial charge in [-0.3, -0.25) is 9.69 Å². The number of ketones is 1. The van der Waals surface area contributed by atoms with E-state index in [1.807, 2.05) is 29.9 Å². The number of rotatable bonds is 7. The Morgan fingerprint density at radius 3 is 2.82 bits per heavy atom. The number of hydrogen-bond acceptors (Lipinski definition) is 2. The number of hydrogen-bond donors (Lipinski definition) is 0. The van der Waals surface area contributed by atoms with E-state index in [2.05, 4.69) is 11.8 Å². The van der Waals surface area contributed by atoms with Gasteiger partial charge in [-0.05, 0) is 43.9 Å². The first-order valence-electron chi connectivity index (χ1n) is 6.57. The first-order valence-corrected chi connectivity index (χ1v) is 6.57. The lowest BCUT2D eigenvalue weighted by Crippen LogP contribution is -2.33. The van der Waals surface area contributed by atoms with E-state index < -0.39 is 0 Å². The fraction of sp³-hybridized carbons (Fsp3) is 0.643. The molecule has 1 aromatic rings. The third kappa shape index (κ3) is 3.43. The zero-order valence-corrected chi connectivity index (χ0v) is 10.9. The van der Waals surface area contributed by atoms with Crippen LogP contribution in [0.4, 0.5) is 0 Å². The zero-order valence-electron chi connectivity index (χ0n) is 10.9. The molecule has 0 aromatic carbocycles. The minimum absolute atomic E-state index is 0.242. The van der Waals surface area contributed by atoms with Gasteiger partial charge >= 0.3 is 0 Å². The van der Waals surface area contributed by atoms with Crippen molar-refractivity contribution < 1.29 is 4.79 Å². The van der Waals surface area contributed by atoms with Gasteiger partial charge in [0.05, 0.1) is 12.2 Å². The highest BCUT2D eigenvalue weighted by atomic mass is 16.1. The van der Waals surface area contributed by atoms with Gasteiger partial charge in [-0.15, -0.1) is 0 Å². The fourth-order valence-electron chi connectivity index (χ4n) is 2.25. The van der Waals surface area contributed by atoms with Gasteiger partial charge in [-0.25, -0.2) is 0 Å². The minimum Gasteiger partial charge on any atom is -0.348 e. The van der Waals surface area contributed by atoms with Gasteiger partial charge in [0.15, 0.2) is 5.78 Å². The van der Waals surface area contributed by atoms with Crippen molar-refractivity contribution in [3.8, 4) is 0 Å². The van der Waals surface area contributed by atoms with E-state index in [4.69, 9.17) is 0 Å². The molecule has 0 bridgehead atoms. The Labute approximate surface area is 103 Å². The van der Waals surface area contributed by atoms with Crippen molar-refractivity contribution >= 4 is 5.78 Å². The predicted molar refractivity (Wildman–Crippen MR) is 69.2 cm³/mol. The normalized spacial score (nSPS) is 15.5. The number of aromatic nitrogens is 1. The van der Waals surface area contributed by atoms with Crippen molar-refractivity contribution in [2.45, 2.75) is 26.2 Å². The molecule has 17 heavy (non-hydrogen) atoms. The molecule has 0 atom stereocenters. The highest BCUT2D eigenvalue weighted by Gasteiger charge is 2.25. The largest absolute Gasteiger partial charge is 0.348 e. The first-order chi connectivity index (χ1) is 8.20.